The Bertz CT molecular complexity index is 601. The highest BCUT2D eigenvalue weighted by molar-refractivity contribution is 9.10. The van der Waals surface area contributed by atoms with Crippen LogP contribution in [0, 0.1) is 0 Å². The van der Waals surface area contributed by atoms with Gasteiger partial charge < -0.3 is 4.74 Å². The molecule has 112 valence electrons. The number of nitrogens with two attached hydrogens (primary N) is 1. The van der Waals surface area contributed by atoms with Crippen molar-refractivity contribution < 1.29 is 4.74 Å². The third kappa shape index (κ3) is 3.84. The van der Waals surface area contributed by atoms with Gasteiger partial charge in [-0.25, -0.2) is 0 Å². The van der Waals surface area contributed by atoms with Gasteiger partial charge in [0, 0.05) is 4.47 Å². The molecular formula is C17H21BrN2O. The Labute approximate surface area is 134 Å². The molecule has 1 atom stereocenters. The predicted octanol–water partition coefficient (Wildman–Crippen LogP) is 3.77. The molecule has 1 unspecified atom stereocenters. The van der Waals surface area contributed by atoms with Crippen LogP contribution >= 0.6 is 15.9 Å². The number of hydrazine groups is 1. The SMILES string of the molecule is CCc1ccccc1C(Cc1cc(Br)ccc1OC)NN. The molecule has 0 aromatic heterocycles. The number of benzene rings is 2. The lowest BCUT2D eigenvalue weighted by Gasteiger charge is -2.21. The van der Waals surface area contributed by atoms with E-state index in [4.69, 9.17) is 10.6 Å². The zero-order chi connectivity index (χ0) is 15.2. The maximum atomic E-state index is 5.80. The summed E-state index contributed by atoms with van der Waals surface area (Å²) < 4.78 is 6.49. The number of rotatable bonds is 6. The molecule has 4 heteroatoms. The zero-order valence-corrected chi connectivity index (χ0v) is 14.0. The molecule has 0 aliphatic rings. The van der Waals surface area contributed by atoms with Gasteiger partial charge in [-0.05, 0) is 47.7 Å². The van der Waals surface area contributed by atoms with Gasteiger partial charge in [-0.2, -0.15) is 0 Å². The molecular weight excluding hydrogens is 328 g/mol. The van der Waals surface area contributed by atoms with Crippen molar-refractivity contribution in [2.75, 3.05) is 7.11 Å². The van der Waals surface area contributed by atoms with Crippen LogP contribution in [-0.4, -0.2) is 7.11 Å². The van der Waals surface area contributed by atoms with E-state index in [0.717, 1.165) is 28.6 Å². The predicted molar refractivity (Wildman–Crippen MR) is 90.3 cm³/mol. The number of hydrogen-bond acceptors (Lipinski definition) is 3. The van der Waals surface area contributed by atoms with Crippen LogP contribution in [0.1, 0.15) is 29.7 Å². The lowest BCUT2D eigenvalue weighted by Crippen LogP contribution is -2.30. The number of methoxy groups -OCH3 is 1. The Morgan fingerprint density at radius 2 is 1.95 bits per heavy atom. The van der Waals surface area contributed by atoms with Crippen LogP contribution in [0.4, 0.5) is 0 Å². The van der Waals surface area contributed by atoms with E-state index in [1.165, 1.54) is 11.1 Å². The summed E-state index contributed by atoms with van der Waals surface area (Å²) in [6.45, 7) is 2.16. The van der Waals surface area contributed by atoms with Gasteiger partial charge in [-0.15, -0.1) is 0 Å². The monoisotopic (exact) mass is 348 g/mol. The molecule has 0 saturated carbocycles. The highest BCUT2D eigenvalue weighted by Crippen LogP contribution is 2.29. The van der Waals surface area contributed by atoms with E-state index in [0.29, 0.717) is 0 Å². The molecule has 0 saturated heterocycles. The van der Waals surface area contributed by atoms with Crippen LogP contribution in [0.15, 0.2) is 46.9 Å². The first kappa shape index (κ1) is 16.0. The standard InChI is InChI=1S/C17H21BrN2O/c1-3-12-6-4-5-7-15(12)16(20-19)11-13-10-14(18)8-9-17(13)21-2/h4-10,16,20H,3,11,19H2,1-2H3. The van der Waals surface area contributed by atoms with E-state index >= 15 is 0 Å². The molecule has 0 bridgehead atoms. The quantitative estimate of drug-likeness (QED) is 0.617. The second kappa shape index (κ2) is 7.59. The van der Waals surface area contributed by atoms with Crippen LogP contribution in [0.5, 0.6) is 5.75 Å². The van der Waals surface area contributed by atoms with Crippen LogP contribution in [-0.2, 0) is 12.8 Å². The lowest BCUT2D eigenvalue weighted by atomic mass is 9.94. The molecule has 3 N–H and O–H groups in total. The van der Waals surface area contributed by atoms with E-state index in [2.05, 4.69) is 58.6 Å². The molecule has 0 aliphatic carbocycles. The second-order valence-electron chi connectivity index (χ2n) is 4.93. The van der Waals surface area contributed by atoms with E-state index in [1.54, 1.807) is 7.11 Å². The highest BCUT2D eigenvalue weighted by Gasteiger charge is 2.16. The molecule has 0 radical (unpaired) electrons. The van der Waals surface area contributed by atoms with Crippen molar-refractivity contribution in [1.29, 1.82) is 0 Å². The first-order chi connectivity index (χ1) is 10.2. The minimum atomic E-state index is 0.0596. The zero-order valence-electron chi connectivity index (χ0n) is 12.4. The fourth-order valence-electron chi connectivity index (χ4n) is 2.58. The molecule has 0 aliphatic heterocycles. The third-order valence-electron chi connectivity index (χ3n) is 3.68. The van der Waals surface area contributed by atoms with Gasteiger partial charge in [0.25, 0.3) is 0 Å². The van der Waals surface area contributed by atoms with E-state index in [-0.39, 0.29) is 6.04 Å². The number of nitrogens with one attached hydrogen (secondary N) is 1. The summed E-state index contributed by atoms with van der Waals surface area (Å²) in [5, 5.41) is 0. The minimum Gasteiger partial charge on any atom is -0.496 e. The fraction of sp³-hybridized carbons (Fsp3) is 0.294. The van der Waals surface area contributed by atoms with Crippen molar-refractivity contribution in [3.63, 3.8) is 0 Å². The average molecular weight is 349 g/mol. The molecule has 0 fully saturated rings. The first-order valence-corrected chi connectivity index (χ1v) is 7.85. The Morgan fingerprint density at radius 1 is 1.19 bits per heavy atom. The molecule has 0 heterocycles. The topological polar surface area (TPSA) is 47.3 Å². The minimum absolute atomic E-state index is 0.0596. The van der Waals surface area contributed by atoms with E-state index < -0.39 is 0 Å². The highest BCUT2D eigenvalue weighted by atomic mass is 79.9. The maximum Gasteiger partial charge on any atom is 0.122 e. The van der Waals surface area contributed by atoms with Gasteiger partial charge in [0.2, 0.25) is 0 Å². The van der Waals surface area contributed by atoms with Crippen molar-refractivity contribution >= 4 is 15.9 Å². The summed E-state index contributed by atoms with van der Waals surface area (Å²) in [5.74, 6) is 6.69. The number of hydrogen-bond donors (Lipinski definition) is 2. The van der Waals surface area contributed by atoms with Crippen molar-refractivity contribution in [2.24, 2.45) is 5.84 Å². The molecule has 21 heavy (non-hydrogen) atoms. The van der Waals surface area contributed by atoms with Crippen molar-refractivity contribution in [1.82, 2.24) is 5.43 Å². The smallest absolute Gasteiger partial charge is 0.122 e. The van der Waals surface area contributed by atoms with Crippen molar-refractivity contribution in [3.05, 3.63) is 63.6 Å². The van der Waals surface area contributed by atoms with Gasteiger partial charge in [0.1, 0.15) is 5.75 Å². The number of aryl methyl sites for hydroxylation is 1. The van der Waals surface area contributed by atoms with Crippen LogP contribution in [0.2, 0.25) is 0 Å². The molecule has 0 amide bonds. The van der Waals surface area contributed by atoms with Crippen molar-refractivity contribution in [2.45, 2.75) is 25.8 Å². The lowest BCUT2D eigenvalue weighted by molar-refractivity contribution is 0.405. The van der Waals surface area contributed by atoms with E-state index in [9.17, 15) is 0 Å². The molecule has 3 nitrogen and oxygen atoms in total. The third-order valence-corrected chi connectivity index (χ3v) is 4.17. The Hall–Kier alpha value is -1.36. The summed E-state index contributed by atoms with van der Waals surface area (Å²) in [4.78, 5) is 0. The van der Waals surface area contributed by atoms with Crippen LogP contribution in [0.25, 0.3) is 0 Å². The summed E-state index contributed by atoms with van der Waals surface area (Å²) in [6.07, 6.45) is 1.76. The summed E-state index contributed by atoms with van der Waals surface area (Å²) in [5.41, 5.74) is 6.62. The molecule has 2 aromatic carbocycles. The normalized spacial score (nSPS) is 12.2. The van der Waals surface area contributed by atoms with Gasteiger partial charge in [-0.3, -0.25) is 11.3 Å². The number of ether oxygens (including phenoxy) is 1. The summed E-state index contributed by atoms with van der Waals surface area (Å²) in [7, 11) is 1.69. The van der Waals surface area contributed by atoms with Gasteiger partial charge >= 0.3 is 0 Å². The fourth-order valence-corrected chi connectivity index (χ4v) is 2.99. The Balaban J connectivity index is 2.33. The first-order valence-electron chi connectivity index (χ1n) is 7.06. The molecule has 2 rings (SSSR count). The Kier molecular flexibility index (Phi) is 5.79. The van der Waals surface area contributed by atoms with Crippen LogP contribution < -0.4 is 16.0 Å². The molecule has 2 aromatic rings. The summed E-state index contributed by atoms with van der Waals surface area (Å²) in [6, 6.07) is 14.5. The van der Waals surface area contributed by atoms with Gasteiger partial charge in [0.05, 0.1) is 13.2 Å². The maximum absolute atomic E-state index is 5.80. The van der Waals surface area contributed by atoms with Crippen LogP contribution in [0.3, 0.4) is 0 Å². The van der Waals surface area contributed by atoms with E-state index in [1.807, 2.05) is 12.1 Å². The number of halogens is 1. The van der Waals surface area contributed by atoms with Gasteiger partial charge in [-0.1, -0.05) is 47.1 Å². The summed E-state index contributed by atoms with van der Waals surface area (Å²) >= 11 is 3.51. The second-order valence-corrected chi connectivity index (χ2v) is 5.85. The Morgan fingerprint density at radius 3 is 2.62 bits per heavy atom. The van der Waals surface area contributed by atoms with Gasteiger partial charge in [0.15, 0.2) is 0 Å². The largest absolute Gasteiger partial charge is 0.496 e. The molecule has 0 spiro atoms. The van der Waals surface area contributed by atoms with Crippen molar-refractivity contribution in [3.8, 4) is 5.75 Å². The average Bonchev–Trinajstić information content (AvgIpc) is 2.52.